The average Bonchev–Trinajstić information content (AvgIpc) is 2.80. The number of aromatic carboxylic acids is 1. The predicted octanol–water partition coefficient (Wildman–Crippen LogP) is 2.58. The Morgan fingerprint density at radius 3 is 2.90 bits per heavy atom. The maximum Gasteiger partial charge on any atom is 0.375 e. The van der Waals surface area contributed by atoms with E-state index in [1.165, 1.54) is 4.68 Å². The fourth-order valence-electron chi connectivity index (χ4n) is 2.00. The maximum absolute atomic E-state index is 10.9. The SMILES string of the molecule is Cc1nc(C(=O)O)nn1-c1cccc2cc(Br)cnc12. The Kier molecular flexibility index (Phi) is 2.98. The van der Waals surface area contributed by atoms with Gasteiger partial charge >= 0.3 is 5.97 Å². The van der Waals surface area contributed by atoms with E-state index in [2.05, 4.69) is 31.0 Å². The number of carboxylic acid groups (broad SMARTS) is 1. The molecule has 2 heterocycles. The molecular weight excluding hydrogens is 324 g/mol. The van der Waals surface area contributed by atoms with Gasteiger partial charge in [-0.05, 0) is 35.0 Å². The Labute approximate surface area is 122 Å². The third kappa shape index (κ3) is 2.05. The van der Waals surface area contributed by atoms with Crippen molar-refractivity contribution in [2.24, 2.45) is 0 Å². The van der Waals surface area contributed by atoms with Gasteiger partial charge < -0.3 is 5.11 Å². The molecule has 1 N–H and O–H groups in total. The number of aromatic nitrogens is 4. The quantitative estimate of drug-likeness (QED) is 0.780. The maximum atomic E-state index is 10.9. The van der Waals surface area contributed by atoms with Crippen LogP contribution in [0.3, 0.4) is 0 Å². The van der Waals surface area contributed by atoms with Crippen molar-refractivity contribution >= 4 is 32.8 Å². The van der Waals surface area contributed by atoms with Gasteiger partial charge in [0.15, 0.2) is 0 Å². The minimum atomic E-state index is -1.15. The van der Waals surface area contributed by atoms with Gasteiger partial charge in [-0.1, -0.05) is 12.1 Å². The molecule has 20 heavy (non-hydrogen) atoms. The summed E-state index contributed by atoms with van der Waals surface area (Å²) in [5, 5.41) is 13.9. The summed E-state index contributed by atoms with van der Waals surface area (Å²) in [6, 6.07) is 7.57. The van der Waals surface area contributed by atoms with Gasteiger partial charge in [0.1, 0.15) is 5.82 Å². The highest BCUT2D eigenvalue weighted by molar-refractivity contribution is 9.10. The first kappa shape index (κ1) is 12.7. The van der Waals surface area contributed by atoms with Gasteiger partial charge in [0.2, 0.25) is 0 Å². The highest BCUT2D eigenvalue weighted by Crippen LogP contribution is 2.23. The summed E-state index contributed by atoms with van der Waals surface area (Å²) in [7, 11) is 0. The Bertz CT molecular complexity index is 828. The average molecular weight is 333 g/mol. The molecule has 1 aromatic carbocycles. The highest BCUT2D eigenvalue weighted by Gasteiger charge is 2.15. The number of rotatable bonds is 2. The summed E-state index contributed by atoms with van der Waals surface area (Å²) in [5.41, 5.74) is 1.44. The molecule has 0 saturated carbocycles. The molecule has 2 aromatic heterocycles. The third-order valence-electron chi connectivity index (χ3n) is 2.84. The van der Waals surface area contributed by atoms with Crippen LogP contribution in [0.4, 0.5) is 0 Å². The molecule has 0 aliphatic rings. The second kappa shape index (κ2) is 4.68. The first-order valence-electron chi connectivity index (χ1n) is 5.78. The monoisotopic (exact) mass is 332 g/mol. The number of hydrogen-bond acceptors (Lipinski definition) is 4. The summed E-state index contributed by atoms with van der Waals surface area (Å²) in [5.74, 6) is -0.876. The summed E-state index contributed by atoms with van der Waals surface area (Å²) in [6.07, 6.45) is 1.69. The second-order valence-corrected chi connectivity index (χ2v) is 5.12. The van der Waals surface area contributed by atoms with Crippen LogP contribution in [0.2, 0.25) is 0 Å². The second-order valence-electron chi connectivity index (χ2n) is 4.20. The molecule has 6 nitrogen and oxygen atoms in total. The van der Waals surface area contributed by atoms with Crippen LogP contribution in [0.1, 0.15) is 16.4 Å². The smallest absolute Gasteiger partial charge is 0.375 e. The molecule has 0 atom stereocenters. The molecule has 0 aliphatic heterocycles. The number of para-hydroxylation sites is 1. The standard InChI is InChI=1S/C13H9BrN4O2/c1-7-16-12(13(19)20)17-18(7)10-4-2-3-8-5-9(14)6-15-11(8)10/h2-6H,1H3,(H,19,20). The van der Waals surface area contributed by atoms with E-state index in [4.69, 9.17) is 5.11 Å². The van der Waals surface area contributed by atoms with Gasteiger partial charge in [0, 0.05) is 16.1 Å². The number of carbonyl (C=O) groups is 1. The van der Waals surface area contributed by atoms with Crippen molar-refractivity contribution in [2.45, 2.75) is 6.92 Å². The third-order valence-corrected chi connectivity index (χ3v) is 3.28. The van der Waals surface area contributed by atoms with Crippen molar-refractivity contribution in [1.82, 2.24) is 19.7 Å². The van der Waals surface area contributed by atoms with E-state index >= 15 is 0 Å². The lowest BCUT2D eigenvalue weighted by molar-refractivity contribution is 0.0683. The number of pyridine rings is 1. The van der Waals surface area contributed by atoms with Crippen molar-refractivity contribution in [2.75, 3.05) is 0 Å². The summed E-state index contributed by atoms with van der Waals surface area (Å²) in [4.78, 5) is 19.2. The van der Waals surface area contributed by atoms with Gasteiger partial charge in [0.05, 0.1) is 11.2 Å². The van der Waals surface area contributed by atoms with E-state index in [9.17, 15) is 4.79 Å². The number of hydrogen-bond donors (Lipinski definition) is 1. The van der Waals surface area contributed by atoms with Gasteiger partial charge in [-0.25, -0.2) is 14.5 Å². The number of halogens is 1. The van der Waals surface area contributed by atoms with Crippen LogP contribution in [-0.4, -0.2) is 30.8 Å². The Balaban J connectivity index is 2.27. The molecule has 0 saturated heterocycles. The number of benzene rings is 1. The lowest BCUT2D eigenvalue weighted by Gasteiger charge is -2.06. The Morgan fingerprint density at radius 1 is 1.40 bits per heavy atom. The lowest BCUT2D eigenvalue weighted by Crippen LogP contribution is -2.03. The summed E-state index contributed by atoms with van der Waals surface area (Å²) in [6.45, 7) is 1.71. The fourth-order valence-corrected chi connectivity index (χ4v) is 2.35. The normalized spacial score (nSPS) is 10.9. The molecule has 3 rings (SSSR count). The van der Waals surface area contributed by atoms with Crippen LogP contribution in [0.25, 0.3) is 16.6 Å². The van der Waals surface area contributed by atoms with Crippen molar-refractivity contribution in [1.29, 1.82) is 0 Å². The fraction of sp³-hybridized carbons (Fsp3) is 0.0769. The van der Waals surface area contributed by atoms with E-state index in [1.807, 2.05) is 24.3 Å². The van der Waals surface area contributed by atoms with E-state index < -0.39 is 5.97 Å². The molecule has 0 spiro atoms. The Morgan fingerprint density at radius 2 is 2.20 bits per heavy atom. The van der Waals surface area contributed by atoms with Crippen molar-refractivity contribution in [3.63, 3.8) is 0 Å². The molecule has 3 aromatic rings. The molecule has 100 valence electrons. The molecule has 0 radical (unpaired) electrons. The number of nitrogens with zero attached hydrogens (tertiary/aromatic N) is 4. The lowest BCUT2D eigenvalue weighted by atomic mass is 10.2. The van der Waals surface area contributed by atoms with Gasteiger partial charge in [0.25, 0.3) is 5.82 Å². The van der Waals surface area contributed by atoms with Crippen LogP contribution in [0, 0.1) is 6.92 Å². The van der Waals surface area contributed by atoms with Crippen LogP contribution >= 0.6 is 15.9 Å². The topological polar surface area (TPSA) is 80.9 Å². The molecule has 0 amide bonds. The summed E-state index contributed by atoms with van der Waals surface area (Å²) < 4.78 is 2.37. The zero-order chi connectivity index (χ0) is 14.3. The number of aryl methyl sites for hydroxylation is 1. The van der Waals surface area contributed by atoms with E-state index in [1.54, 1.807) is 13.1 Å². The van der Waals surface area contributed by atoms with Gasteiger partial charge in [-0.2, -0.15) is 0 Å². The minimum Gasteiger partial charge on any atom is -0.475 e. The predicted molar refractivity (Wildman–Crippen MR) is 76.1 cm³/mol. The molecule has 0 fully saturated rings. The first-order chi connectivity index (χ1) is 9.56. The minimum absolute atomic E-state index is 0.225. The number of carboxylic acids is 1. The van der Waals surface area contributed by atoms with Gasteiger partial charge in [-0.15, -0.1) is 5.10 Å². The van der Waals surface area contributed by atoms with Crippen molar-refractivity contribution < 1.29 is 9.90 Å². The van der Waals surface area contributed by atoms with Crippen LogP contribution in [0.5, 0.6) is 0 Å². The van der Waals surface area contributed by atoms with Gasteiger partial charge in [-0.3, -0.25) is 4.98 Å². The van der Waals surface area contributed by atoms with Crippen LogP contribution in [-0.2, 0) is 0 Å². The molecule has 0 aliphatic carbocycles. The zero-order valence-corrected chi connectivity index (χ0v) is 12.0. The largest absolute Gasteiger partial charge is 0.475 e. The highest BCUT2D eigenvalue weighted by atomic mass is 79.9. The molecule has 0 bridgehead atoms. The van der Waals surface area contributed by atoms with Crippen LogP contribution in [0.15, 0.2) is 34.9 Å². The summed E-state index contributed by atoms with van der Waals surface area (Å²) >= 11 is 3.38. The number of fused-ring (bicyclic) bond motifs is 1. The first-order valence-corrected chi connectivity index (χ1v) is 6.57. The van der Waals surface area contributed by atoms with Crippen LogP contribution < -0.4 is 0 Å². The molecule has 7 heteroatoms. The van der Waals surface area contributed by atoms with Crippen molar-refractivity contribution in [3.05, 3.63) is 46.6 Å². The van der Waals surface area contributed by atoms with E-state index in [0.29, 0.717) is 11.5 Å². The Hall–Kier alpha value is -2.28. The van der Waals surface area contributed by atoms with E-state index in [-0.39, 0.29) is 5.82 Å². The molecule has 0 unspecified atom stereocenters. The van der Waals surface area contributed by atoms with Crippen molar-refractivity contribution in [3.8, 4) is 5.69 Å². The molecular formula is C13H9BrN4O2. The van der Waals surface area contributed by atoms with E-state index in [0.717, 1.165) is 15.4 Å². The zero-order valence-electron chi connectivity index (χ0n) is 10.4.